The molecule has 0 aromatic heterocycles. The molecule has 2 saturated carbocycles. The Morgan fingerprint density at radius 3 is 2.79 bits per heavy atom. The standard InChI is InChI=1S/C17H23NO/c18-11-16(10-12-5-6-14(16)9-12)17(19)8-7-13-3-1-2-4-15(13)17/h1-4,12,14,19H,5-11,18H2. The van der Waals surface area contributed by atoms with Crippen molar-refractivity contribution in [1.29, 1.82) is 0 Å². The van der Waals surface area contributed by atoms with Crippen LogP contribution in [0.2, 0.25) is 0 Å². The summed E-state index contributed by atoms with van der Waals surface area (Å²) in [5.74, 6) is 1.45. The predicted octanol–water partition coefficient (Wildman–Crippen LogP) is 2.59. The summed E-state index contributed by atoms with van der Waals surface area (Å²) < 4.78 is 0. The Labute approximate surface area is 115 Å². The van der Waals surface area contributed by atoms with E-state index < -0.39 is 5.60 Å². The molecule has 3 aliphatic rings. The molecule has 2 fully saturated rings. The van der Waals surface area contributed by atoms with E-state index in [1.165, 1.54) is 30.4 Å². The first-order valence-electron chi connectivity index (χ1n) is 7.70. The number of fused-ring (bicyclic) bond motifs is 3. The molecule has 2 bridgehead atoms. The normalized spacial score (nSPS) is 43.7. The second-order valence-corrected chi connectivity index (χ2v) is 6.96. The molecular formula is C17H23NO. The largest absolute Gasteiger partial charge is 0.384 e. The maximum Gasteiger partial charge on any atom is 0.0973 e. The quantitative estimate of drug-likeness (QED) is 0.855. The molecule has 0 aliphatic heterocycles. The highest BCUT2D eigenvalue weighted by atomic mass is 16.3. The van der Waals surface area contributed by atoms with Crippen LogP contribution in [0.4, 0.5) is 0 Å². The Morgan fingerprint density at radius 1 is 1.26 bits per heavy atom. The van der Waals surface area contributed by atoms with E-state index in [0.29, 0.717) is 12.5 Å². The zero-order valence-corrected chi connectivity index (χ0v) is 11.4. The summed E-state index contributed by atoms with van der Waals surface area (Å²) in [4.78, 5) is 0. The number of benzene rings is 1. The van der Waals surface area contributed by atoms with Crippen molar-refractivity contribution in [1.82, 2.24) is 0 Å². The zero-order valence-electron chi connectivity index (χ0n) is 11.4. The number of aliphatic hydroxyl groups is 1. The van der Waals surface area contributed by atoms with Crippen molar-refractivity contribution in [3.8, 4) is 0 Å². The van der Waals surface area contributed by atoms with Gasteiger partial charge in [0.2, 0.25) is 0 Å². The van der Waals surface area contributed by atoms with Crippen LogP contribution in [-0.2, 0) is 12.0 Å². The number of nitrogens with two attached hydrogens (primary N) is 1. The summed E-state index contributed by atoms with van der Waals surface area (Å²) in [6, 6.07) is 8.45. The molecule has 1 aromatic rings. The Morgan fingerprint density at radius 2 is 2.11 bits per heavy atom. The molecule has 0 spiro atoms. The fourth-order valence-corrected chi connectivity index (χ4v) is 5.48. The number of hydrogen-bond acceptors (Lipinski definition) is 2. The van der Waals surface area contributed by atoms with Gasteiger partial charge >= 0.3 is 0 Å². The molecule has 4 atom stereocenters. The van der Waals surface area contributed by atoms with Crippen LogP contribution in [0.3, 0.4) is 0 Å². The summed E-state index contributed by atoms with van der Waals surface area (Å²) >= 11 is 0. The lowest BCUT2D eigenvalue weighted by Gasteiger charge is -2.48. The molecule has 2 nitrogen and oxygen atoms in total. The van der Waals surface area contributed by atoms with Gasteiger partial charge in [-0.05, 0) is 55.1 Å². The van der Waals surface area contributed by atoms with Gasteiger partial charge < -0.3 is 10.8 Å². The van der Waals surface area contributed by atoms with Crippen molar-refractivity contribution < 1.29 is 5.11 Å². The second-order valence-electron chi connectivity index (χ2n) is 6.96. The van der Waals surface area contributed by atoms with Gasteiger partial charge in [0, 0.05) is 12.0 Å². The lowest BCUT2D eigenvalue weighted by atomic mass is 9.60. The lowest BCUT2D eigenvalue weighted by Crippen LogP contribution is -2.52. The molecular weight excluding hydrogens is 234 g/mol. The van der Waals surface area contributed by atoms with E-state index in [9.17, 15) is 5.11 Å². The number of rotatable bonds is 2. The Kier molecular flexibility index (Phi) is 2.40. The van der Waals surface area contributed by atoms with Crippen LogP contribution in [0.15, 0.2) is 24.3 Å². The summed E-state index contributed by atoms with van der Waals surface area (Å²) in [6.45, 7) is 0.638. The van der Waals surface area contributed by atoms with Crippen LogP contribution in [0.5, 0.6) is 0 Å². The molecule has 4 unspecified atom stereocenters. The Balaban J connectivity index is 1.83. The average Bonchev–Trinajstić information content (AvgIpc) is 3.13. The Hall–Kier alpha value is -0.860. The van der Waals surface area contributed by atoms with Gasteiger partial charge in [0.15, 0.2) is 0 Å². The third kappa shape index (κ3) is 1.34. The molecule has 102 valence electrons. The van der Waals surface area contributed by atoms with Crippen LogP contribution in [-0.4, -0.2) is 11.7 Å². The summed E-state index contributed by atoms with van der Waals surface area (Å²) in [5.41, 5.74) is 8.00. The summed E-state index contributed by atoms with van der Waals surface area (Å²) in [6.07, 6.45) is 6.93. The fraction of sp³-hybridized carbons (Fsp3) is 0.647. The molecule has 0 heterocycles. The van der Waals surface area contributed by atoms with E-state index in [0.717, 1.165) is 25.2 Å². The van der Waals surface area contributed by atoms with Crippen molar-refractivity contribution in [2.75, 3.05) is 6.54 Å². The van der Waals surface area contributed by atoms with Crippen molar-refractivity contribution in [2.24, 2.45) is 23.0 Å². The minimum Gasteiger partial charge on any atom is -0.384 e. The summed E-state index contributed by atoms with van der Waals surface area (Å²) in [5, 5.41) is 11.5. The van der Waals surface area contributed by atoms with Crippen molar-refractivity contribution in [3.63, 3.8) is 0 Å². The van der Waals surface area contributed by atoms with Crippen molar-refractivity contribution >= 4 is 0 Å². The zero-order chi connectivity index (χ0) is 13.1. The van der Waals surface area contributed by atoms with Gasteiger partial charge in [0.1, 0.15) is 0 Å². The molecule has 2 heteroatoms. The van der Waals surface area contributed by atoms with Gasteiger partial charge in [-0.2, -0.15) is 0 Å². The molecule has 3 aliphatic carbocycles. The smallest absolute Gasteiger partial charge is 0.0973 e. The van der Waals surface area contributed by atoms with E-state index in [-0.39, 0.29) is 5.41 Å². The van der Waals surface area contributed by atoms with Gasteiger partial charge in [-0.25, -0.2) is 0 Å². The third-order valence-electron chi connectivity index (χ3n) is 6.38. The first-order valence-corrected chi connectivity index (χ1v) is 7.70. The molecule has 0 radical (unpaired) electrons. The van der Waals surface area contributed by atoms with E-state index in [1.54, 1.807) is 0 Å². The predicted molar refractivity (Wildman–Crippen MR) is 75.6 cm³/mol. The van der Waals surface area contributed by atoms with Gasteiger partial charge in [-0.3, -0.25) is 0 Å². The minimum atomic E-state index is -0.668. The van der Waals surface area contributed by atoms with E-state index in [1.807, 2.05) is 0 Å². The first-order chi connectivity index (χ1) is 9.19. The molecule has 4 rings (SSSR count). The highest BCUT2D eigenvalue weighted by Gasteiger charge is 2.62. The van der Waals surface area contributed by atoms with E-state index in [2.05, 4.69) is 24.3 Å². The van der Waals surface area contributed by atoms with Gasteiger partial charge in [0.05, 0.1) is 5.60 Å². The fourth-order valence-electron chi connectivity index (χ4n) is 5.48. The van der Waals surface area contributed by atoms with Crippen LogP contribution >= 0.6 is 0 Å². The number of hydrogen-bond donors (Lipinski definition) is 2. The summed E-state index contributed by atoms with van der Waals surface area (Å²) in [7, 11) is 0. The highest BCUT2D eigenvalue weighted by Crippen LogP contribution is 2.65. The molecule has 3 N–H and O–H groups in total. The second kappa shape index (κ2) is 3.83. The topological polar surface area (TPSA) is 46.2 Å². The average molecular weight is 257 g/mol. The highest BCUT2D eigenvalue weighted by molar-refractivity contribution is 5.40. The van der Waals surface area contributed by atoms with Gasteiger partial charge in [-0.1, -0.05) is 30.7 Å². The molecule has 0 saturated heterocycles. The van der Waals surface area contributed by atoms with Gasteiger partial charge in [-0.15, -0.1) is 0 Å². The minimum absolute atomic E-state index is 0.0531. The van der Waals surface area contributed by atoms with Crippen LogP contribution in [0, 0.1) is 17.3 Å². The van der Waals surface area contributed by atoms with Gasteiger partial charge in [0.25, 0.3) is 0 Å². The maximum absolute atomic E-state index is 11.5. The van der Waals surface area contributed by atoms with Crippen LogP contribution in [0.1, 0.15) is 43.2 Å². The van der Waals surface area contributed by atoms with Crippen LogP contribution in [0.25, 0.3) is 0 Å². The molecule has 0 amide bonds. The first kappa shape index (κ1) is 11.9. The Bertz CT molecular complexity index is 514. The monoisotopic (exact) mass is 257 g/mol. The van der Waals surface area contributed by atoms with Crippen molar-refractivity contribution in [3.05, 3.63) is 35.4 Å². The molecule has 1 aromatic carbocycles. The van der Waals surface area contributed by atoms with Crippen LogP contribution < -0.4 is 5.73 Å². The molecule has 19 heavy (non-hydrogen) atoms. The van der Waals surface area contributed by atoms with E-state index in [4.69, 9.17) is 5.73 Å². The lowest BCUT2D eigenvalue weighted by molar-refractivity contribution is -0.115. The maximum atomic E-state index is 11.5. The number of aryl methyl sites for hydroxylation is 1. The third-order valence-corrected chi connectivity index (χ3v) is 6.38. The SMILES string of the molecule is NCC1(C2(O)CCc3ccccc32)CC2CCC1C2. The van der Waals surface area contributed by atoms with E-state index >= 15 is 0 Å². The van der Waals surface area contributed by atoms with Crippen molar-refractivity contribution in [2.45, 2.75) is 44.1 Å².